The van der Waals surface area contributed by atoms with Gasteiger partial charge in [-0.25, -0.2) is 4.79 Å². The van der Waals surface area contributed by atoms with Crippen LogP contribution >= 0.6 is 0 Å². The number of carboxylic acids is 1. The van der Waals surface area contributed by atoms with Crippen molar-refractivity contribution in [1.82, 2.24) is 35.8 Å². The summed E-state index contributed by atoms with van der Waals surface area (Å²) in [6.07, 6.45) is -4.03. The number of nitrogens with zero attached hydrogens (tertiary/aromatic N) is 5. The van der Waals surface area contributed by atoms with Crippen LogP contribution in [0.2, 0.25) is 0 Å². The molecule has 12 nitrogen and oxygen atoms in total. The molecule has 1 saturated carbocycles. The molecule has 3 aromatic rings. The lowest BCUT2D eigenvalue weighted by Crippen LogP contribution is -2.36. The molecule has 1 amide bonds. The summed E-state index contributed by atoms with van der Waals surface area (Å²) >= 11 is 0. The summed E-state index contributed by atoms with van der Waals surface area (Å²) < 4.78 is 80.6. The summed E-state index contributed by atoms with van der Waals surface area (Å²) in [5.41, 5.74) is 1.12. The number of benzene rings is 1. The second kappa shape index (κ2) is 11.5. The molecule has 1 aromatic carbocycles. The fourth-order valence-electron chi connectivity index (χ4n) is 3.97. The standard InChI is InChI=1S/C20H20F3N7O3.C2HF3O2/c21-20(22,23)32-14-3-4-15(11-1-2-11)16(8-14)19-27-17(28-33-19)18(31)26-12-7-13(24-9-12)10-30-6-5-25-29-30;3-2(4,5)1(6)7/h3-6,8,11-13,24H,1-2,7,9-10H2,(H,26,31);(H,6,7)/t12-,13+;/m1./s1. The highest BCUT2D eigenvalue weighted by molar-refractivity contribution is 5.91. The van der Waals surface area contributed by atoms with Crippen LogP contribution in [0.25, 0.3) is 11.5 Å². The van der Waals surface area contributed by atoms with E-state index in [1.165, 1.54) is 12.1 Å². The molecule has 18 heteroatoms. The first-order valence-corrected chi connectivity index (χ1v) is 11.7. The largest absolute Gasteiger partial charge is 0.573 e. The smallest absolute Gasteiger partial charge is 0.475 e. The second-order valence-corrected chi connectivity index (χ2v) is 8.93. The van der Waals surface area contributed by atoms with E-state index in [1.54, 1.807) is 23.1 Å². The Bertz CT molecular complexity index is 1320. The van der Waals surface area contributed by atoms with Gasteiger partial charge in [-0.1, -0.05) is 16.4 Å². The van der Waals surface area contributed by atoms with E-state index in [2.05, 4.69) is 35.8 Å². The minimum atomic E-state index is -5.08. The molecule has 1 saturated heterocycles. The third-order valence-corrected chi connectivity index (χ3v) is 5.81. The Morgan fingerprint density at radius 2 is 1.93 bits per heavy atom. The van der Waals surface area contributed by atoms with Gasteiger partial charge < -0.3 is 25.0 Å². The van der Waals surface area contributed by atoms with E-state index in [-0.39, 0.29) is 35.5 Å². The molecule has 3 N–H and O–H groups in total. The van der Waals surface area contributed by atoms with Gasteiger partial charge in [0.25, 0.3) is 17.6 Å². The molecule has 0 radical (unpaired) electrons. The zero-order chi connectivity index (χ0) is 29.1. The number of amides is 1. The predicted octanol–water partition coefficient (Wildman–Crippen LogP) is 2.90. The van der Waals surface area contributed by atoms with Gasteiger partial charge in [0.15, 0.2) is 0 Å². The Morgan fingerprint density at radius 3 is 2.52 bits per heavy atom. The van der Waals surface area contributed by atoms with Crippen LogP contribution in [-0.2, 0) is 11.3 Å². The molecular formula is C22H21F6N7O5. The number of halogens is 6. The number of carbonyl (C=O) groups excluding carboxylic acids is 1. The Kier molecular flexibility index (Phi) is 8.26. The zero-order valence-electron chi connectivity index (χ0n) is 20.2. The number of nitrogens with one attached hydrogen (secondary N) is 2. The fourth-order valence-corrected chi connectivity index (χ4v) is 3.97. The molecule has 40 heavy (non-hydrogen) atoms. The molecule has 1 aliphatic carbocycles. The van der Waals surface area contributed by atoms with Crippen LogP contribution in [0.4, 0.5) is 26.3 Å². The third-order valence-electron chi connectivity index (χ3n) is 5.81. The van der Waals surface area contributed by atoms with Crippen LogP contribution in [0.1, 0.15) is 41.4 Å². The van der Waals surface area contributed by atoms with Gasteiger partial charge >= 0.3 is 18.5 Å². The molecule has 1 aliphatic heterocycles. The molecule has 3 heterocycles. The van der Waals surface area contributed by atoms with Gasteiger partial charge in [0.2, 0.25) is 0 Å². The van der Waals surface area contributed by atoms with Crippen LogP contribution in [0.5, 0.6) is 5.75 Å². The van der Waals surface area contributed by atoms with Gasteiger partial charge in [0, 0.05) is 30.4 Å². The number of aromatic nitrogens is 5. The van der Waals surface area contributed by atoms with Gasteiger partial charge in [0.05, 0.1) is 12.7 Å². The molecule has 2 aliphatic rings. The number of hydrogen-bond donors (Lipinski definition) is 3. The van der Waals surface area contributed by atoms with Crippen molar-refractivity contribution in [1.29, 1.82) is 0 Å². The average Bonchev–Trinajstić information content (AvgIpc) is 3.23. The molecule has 2 aromatic heterocycles. The predicted molar refractivity (Wildman–Crippen MR) is 120 cm³/mol. The van der Waals surface area contributed by atoms with Gasteiger partial charge in [-0.15, -0.1) is 18.3 Å². The molecule has 0 spiro atoms. The first-order chi connectivity index (χ1) is 18.8. The van der Waals surface area contributed by atoms with E-state index < -0.39 is 24.4 Å². The summed E-state index contributed by atoms with van der Waals surface area (Å²) in [6.45, 7) is 1.19. The Morgan fingerprint density at radius 1 is 1.20 bits per heavy atom. The lowest BCUT2D eigenvalue weighted by molar-refractivity contribution is -0.274. The quantitative estimate of drug-likeness (QED) is 0.357. The number of aliphatic carboxylic acids is 1. The second-order valence-electron chi connectivity index (χ2n) is 8.93. The molecule has 2 fully saturated rings. The number of hydrogen-bond acceptors (Lipinski definition) is 9. The molecule has 5 rings (SSSR count). The van der Waals surface area contributed by atoms with Crippen molar-refractivity contribution in [2.45, 2.75) is 56.3 Å². The van der Waals surface area contributed by atoms with E-state index >= 15 is 0 Å². The maximum Gasteiger partial charge on any atom is 0.573 e. The van der Waals surface area contributed by atoms with Gasteiger partial charge in [0.1, 0.15) is 5.75 Å². The molecule has 0 bridgehead atoms. The fraction of sp³-hybridized carbons (Fsp3) is 0.455. The highest BCUT2D eigenvalue weighted by atomic mass is 19.4. The van der Waals surface area contributed by atoms with E-state index in [0.717, 1.165) is 18.4 Å². The SMILES string of the molecule is O=C(N[C@H]1CN[C@H](Cn2ccnn2)C1)c1noc(-c2cc(OC(F)(F)F)ccc2C2CC2)n1.O=C(O)C(F)(F)F. The Hall–Kier alpha value is -4.22. The number of ether oxygens (including phenoxy) is 1. The van der Waals surface area contributed by atoms with Crippen molar-refractivity contribution < 1.29 is 50.3 Å². The molecule has 216 valence electrons. The Labute approximate surface area is 220 Å². The maximum atomic E-state index is 12.6. The van der Waals surface area contributed by atoms with Gasteiger partial charge in [-0.3, -0.25) is 9.48 Å². The van der Waals surface area contributed by atoms with Crippen molar-refractivity contribution in [2.75, 3.05) is 6.54 Å². The monoisotopic (exact) mass is 577 g/mol. The molecule has 0 unspecified atom stereocenters. The normalized spacial score (nSPS) is 19.1. The summed E-state index contributed by atoms with van der Waals surface area (Å²) in [5.74, 6) is -3.67. The lowest BCUT2D eigenvalue weighted by Gasteiger charge is -2.11. The first-order valence-electron chi connectivity index (χ1n) is 11.7. The molecule has 2 atom stereocenters. The van der Waals surface area contributed by atoms with Crippen molar-refractivity contribution >= 4 is 11.9 Å². The highest BCUT2D eigenvalue weighted by Crippen LogP contribution is 2.45. The summed E-state index contributed by atoms with van der Waals surface area (Å²) in [7, 11) is 0. The van der Waals surface area contributed by atoms with Gasteiger partial charge in [-0.05, 0) is 42.9 Å². The summed E-state index contributed by atoms with van der Waals surface area (Å²) in [4.78, 5) is 25.7. The topological polar surface area (TPSA) is 157 Å². The molecular weight excluding hydrogens is 556 g/mol. The summed E-state index contributed by atoms with van der Waals surface area (Å²) in [5, 5.41) is 24.7. The van der Waals surface area contributed by atoms with E-state index in [4.69, 9.17) is 14.4 Å². The number of alkyl halides is 6. The number of carboxylic acid groups (broad SMARTS) is 1. The highest BCUT2D eigenvalue weighted by Gasteiger charge is 2.38. The minimum Gasteiger partial charge on any atom is -0.475 e. The number of rotatable bonds is 7. The van der Waals surface area contributed by atoms with Gasteiger partial charge in [-0.2, -0.15) is 18.2 Å². The average molecular weight is 577 g/mol. The Balaban J connectivity index is 0.000000470. The third kappa shape index (κ3) is 7.90. The summed E-state index contributed by atoms with van der Waals surface area (Å²) in [6, 6.07) is 4.02. The maximum absolute atomic E-state index is 12.6. The van der Waals surface area contributed by atoms with Crippen molar-refractivity contribution in [2.24, 2.45) is 0 Å². The zero-order valence-corrected chi connectivity index (χ0v) is 20.2. The lowest BCUT2D eigenvalue weighted by atomic mass is 10.0. The van der Waals surface area contributed by atoms with E-state index in [1.807, 2.05) is 0 Å². The van der Waals surface area contributed by atoms with Crippen LogP contribution in [0.15, 0.2) is 35.1 Å². The van der Waals surface area contributed by atoms with Crippen LogP contribution in [0, 0.1) is 0 Å². The first kappa shape index (κ1) is 28.8. The van der Waals surface area contributed by atoms with Crippen LogP contribution < -0.4 is 15.4 Å². The number of carbonyl (C=O) groups is 2. The van der Waals surface area contributed by atoms with E-state index in [9.17, 15) is 31.1 Å². The van der Waals surface area contributed by atoms with E-state index in [0.29, 0.717) is 25.1 Å². The van der Waals surface area contributed by atoms with Crippen molar-refractivity contribution in [3.05, 3.63) is 42.0 Å². The minimum absolute atomic E-state index is 0.0247. The van der Waals surface area contributed by atoms with Crippen molar-refractivity contribution in [3.63, 3.8) is 0 Å². The van der Waals surface area contributed by atoms with Crippen LogP contribution in [-0.4, -0.2) is 73.3 Å². The van der Waals surface area contributed by atoms with Crippen molar-refractivity contribution in [3.8, 4) is 17.2 Å². The van der Waals surface area contributed by atoms with Crippen LogP contribution in [0.3, 0.4) is 0 Å².